The molecule has 0 aliphatic carbocycles. The number of benzene rings is 1. The fourth-order valence-corrected chi connectivity index (χ4v) is 3.96. The number of rotatable bonds is 4. The Morgan fingerprint density at radius 1 is 1.04 bits per heavy atom. The number of likely N-dealkylation sites (N-methyl/N-ethyl adjacent to an activating group) is 1. The molecule has 4 heterocycles. The van der Waals surface area contributed by atoms with E-state index < -0.39 is 0 Å². The Labute approximate surface area is 164 Å². The number of hydrogen-bond acceptors (Lipinski definition) is 5. The molecule has 3 aromatic heterocycles. The second-order valence-electron chi connectivity index (χ2n) is 7.45. The summed E-state index contributed by atoms with van der Waals surface area (Å²) in [6.07, 6.45) is 5.62. The number of pyridine rings is 1. The lowest BCUT2D eigenvalue weighted by atomic mass is 10.1. The topological polar surface area (TPSA) is 49.8 Å². The monoisotopic (exact) mass is 373 g/mol. The summed E-state index contributed by atoms with van der Waals surface area (Å²) in [4.78, 5) is 4.83. The van der Waals surface area contributed by atoms with Gasteiger partial charge in [0.1, 0.15) is 5.69 Å². The molecule has 1 atom stereocenters. The normalized spacial score (nSPS) is 18.7. The Hall–Kier alpha value is -2.96. The summed E-state index contributed by atoms with van der Waals surface area (Å²) in [7, 11) is 2.17. The first-order valence-electron chi connectivity index (χ1n) is 9.62. The molecule has 1 saturated heterocycles. The fraction of sp³-hybridized carbons (Fsp3) is 0.273. The smallest absolute Gasteiger partial charge is 0.109 e. The molecule has 0 N–H and O–H groups in total. The first kappa shape index (κ1) is 17.2. The number of piperazine rings is 1. The van der Waals surface area contributed by atoms with Crippen LogP contribution in [0.1, 0.15) is 17.3 Å². The van der Waals surface area contributed by atoms with E-state index in [0.717, 1.165) is 43.0 Å². The Balaban J connectivity index is 1.43. The fourth-order valence-electron chi connectivity index (χ4n) is 3.96. The van der Waals surface area contributed by atoms with Crippen LogP contribution in [0, 0.1) is 0 Å². The van der Waals surface area contributed by atoms with Crippen molar-refractivity contribution in [2.45, 2.75) is 12.6 Å². The molecule has 0 saturated carbocycles. The maximum Gasteiger partial charge on any atom is 0.109 e. The van der Waals surface area contributed by atoms with Crippen LogP contribution in [0.2, 0.25) is 0 Å². The highest BCUT2D eigenvalue weighted by Crippen LogP contribution is 2.28. The summed E-state index contributed by atoms with van der Waals surface area (Å²) in [6, 6.07) is 16.9. The van der Waals surface area contributed by atoms with Crippen molar-refractivity contribution in [2.75, 3.05) is 26.7 Å². The van der Waals surface area contributed by atoms with Gasteiger partial charge in [0.2, 0.25) is 0 Å². The lowest BCUT2D eigenvalue weighted by Gasteiger charge is -2.38. The van der Waals surface area contributed by atoms with Gasteiger partial charge in [0.15, 0.2) is 0 Å². The zero-order chi connectivity index (χ0) is 18.9. The van der Waals surface area contributed by atoms with Crippen LogP contribution in [0.15, 0.2) is 71.7 Å². The van der Waals surface area contributed by atoms with Crippen LogP contribution in [-0.4, -0.2) is 51.3 Å². The number of aromatic nitrogens is 3. The minimum Gasteiger partial charge on any atom is -0.472 e. The van der Waals surface area contributed by atoms with Gasteiger partial charge in [-0.2, -0.15) is 0 Å². The van der Waals surface area contributed by atoms with Crippen LogP contribution in [0.5, 0.6) is 0 Å². The van der Waals surface area contributed by atoms with E-state index in [-0.39, 0.29) is 6.04 Å². The van der Waals surface area contributed by atoms with E-state index in [0.29, 0.717) is 0 Å². The van der Waals surface area contributed by atoms with Crippen LogP contribution < -0.4 is 0 Å². The highest BCUT2D eigenvalue weighted by molar-refractivity contribution is 5.66. The van der Waals surface area contributed by atoms with Crippen molar-refractivity contribution in [3.63, 3.8) is 0 Å². The SMILES string of the molecule is CN1CCN(Cc2ccoc2)CC1c1nnn2cc(-c3ccccc3)ccc12. The molecule has 6 nitrogen and oxygen atoms in total. The maximum absolute atomic E-state index is 5.22. The third kappa shape index (κ3) is 3.21. The van der Waals surface area contributed by atoms with Crippen molar-refractivity contribution in [2.24, 2.45) is 0 Å². The van der Waals surface area contributed by atoms with E-state index >= 15 is 0 Å². The van der Waals surface area contributed by atoms with E-state index in [1.165, 1.54) is 11.1 Å². The summed E-state index contributed by atoms with van der Waals surface area (Å²) >= 11 is 0. The van der Waals surface area contributed by atoms with Gasteiger partial charge in [-0.1, -0.05) is 41.6 Å². The van der Waals surface area contributed by atoms with Gasteiger partial charge in [-0.05, 0) is 24.7 Å². The molecule has 0 bridgehead atoms. The lowest BCUT2D eigenvalue weighted by Crippen LogP contribution is -2.46. The Morgan fingerprint density at radius 2 is 1.93 bits per heavy atom. The predicted molar refractivity (Wildman–Crippen MR) is 108 cm³/mol. The molecule has 1 fully saturated rings. The molecular weight excluding hydrogens is 350 g/mol. The maximum atomic E-state index is 5.22. The Bertz CT molecular complexity index is 1060. The van der Waals surface area contributed by atoms with E-state index in [2.05, 4.69) is 69.8 Å². The molecule has 0 amide bonds. The molecule has 1 aliphatic rings. The van der Waals surface area contributed by atoms with Gasteiger partial charge < -0.3 is 4.42 Å². The molecule has 4 aromatic rings. The standard InChI is InChI=1S/C22H23N5O/c1-25-10-11-26(13-17-9-12-28-16-17)15-21(25)22-20-8-7-19(14-27(20)24-23-22)18-5-3-2-4-6-18/h2-9,12,14,16,21H,10-11,13,15H2,1H3. The molecule has 5 rings (SSSR count). The second-order valence-corrected chi connectivity index (χ2v) is 7.45. The Morgan fingerprint density at radius 3 is 2.75 bits per heavy atom. The lowest BCUT2D eigenvalue weighted by molar-refractivity contribution is 0.0888. The first-order chi connectivity index (χ1) is 13.8. The van der Waals surface area contributed by atoms with Crippen LogP contribution in [0.4, 0.5) is 0 Å². The molecule has 1 aliphatic heterocycles. The van der Waals surface area contributed by atoms with Gasteiger partial charge in [-0.25, -0.2) is 4.52 Å². The molecule has 28 heavy (non-hydrogen) atoms. The predicted octanol–water partition coefficient (Wildman–Crippen LogP) is 3.48. The van der Waals surface area contributed by atoms with Crippen molar-refractivity contribution >= 4 is 5.52 Å². The molecular formula is C22H23N5O. The van der Waals surface area contributed by atoms with Crippen LogP contribution in [0.25, 0.3) is 16.6 Å². The van der Waals surface area contributed by atoms with Crippen molar-refractivity contribution < 1.29 is 4.42 Å². The zero-order valence-corrected chi connectivity index (χ0v) is 15.9. The van der Waals surface area contributed by atoms with Crippen LogP contribution in [0.3, 0.4) is 0 Å². The van der Waals surface area contributed by atoms with Crippen molar-refractivity contribution in [3.8, 4) is 11.1 Å². The number of fused-ring (bicyclic) bond motifs is 1. The van der Waals surface area contributed by atoms with Crippen molar-refractivity contribution in [3.05, 3.63) is 78.5 Å². The molecule has 1 aromatic carbocycles. The van der Waals surface area contributed by atoms with Crippen molar-refractivity contribution in [1.29, 1.82) is 0 Å². The summed E-state index contributed by atoms with van der Waals surface area (Å²) in [5, 5.41) is 8.98. The summed E-state index contributed by atoms with van der Waals surface area (Å²) in [5.41, 5.74) is 5.65. The summed E-state index contributed by atoms with van der Waals surface area (Å²) in [5.74, 6) is 0. The molecule has 0 spiro atoms. The van der Waals surface area contributed by atoms with E-state index in [9.17, 15) is 0 Å². The third-order valence-electron chi connectivity index (χ3n) is 5.58. The number of furan rings is 1. The summed E-state index contributed by atoms with van der Waals surface area (Å²) < 4.78 is 7.12. The third-order valence-corrected chi connectivity index (χ3v) is 5.58. The molecule has 0 radical (unpaired) electrons. The number of nitrogens with zero attached hydrogens (tertiary/aromatic N) is 5. The highest BCUT2D eigenvalue weighted by atomic mass is 16.3. The molecule has 142 valence electrons. The highest BCUT2D eigenvalue weighted by Gasteiger charge is 2.29. The van der Waals surface area contributed by atoms with Crippen LogP contribution in [-0.2, 0) is 6.54 Å². The number of hydrogen-bond donors (Lipinski definition) is 0. The Kier molecular flexibility index (Phi) is 4.43. The molecule has 6 heteroatoms. The second kappa shape index (κ2) is 7.22. The van der Waals surface area contributed by atoms with Crippen molar-refractivity contribution in [1.82, 2.24) is 24.6 Å². The largest absolute Gasteiger partial charge is 0.472 e. The van der Waals surface area contributed by atoms with Gasteiger partial charge in [0.05, 0.1) is 24.1 Å². The van der Waals surface area contributed by atoms with Gasteiger partial charge in [-0.15, -0.1) is 5.10 Å². The van der Waals surface area contributed by atoms with E-state index in [1.807, 2.05) is 22.9 Å². The minimum atomic E-state index is 0.223. The van der Waals surface area contributed by atoms with E-state index in [4.69, 9.17) is 4.42 Å². The van der Waals surface area contributed by atoms with Crippen LogP contribution >= 0.6 is 0 Å². The first-order valence-corrected chi connectivity index (χ1v) is 9.62. The summed E-state index contributed by atoms with van der Waals surface area (Å²) in [6.45, 7) is 3.87. The zero-order valence-electron chi connectivity index (χ0n) is 15.9. The van der Waals surface area contributed by atoms with E-state index in [1.54, 1.807) is 6.26 Å². The molecule has 1 unspecified atom stereocenters. The minimum absolute atomic E-state index is 0.223. The average Bonchev–Trinajstić information content (AvgIpc) is 3.39. The van der Waals surface area contributed by atoms with Gasteiger partial charge in [0.25, 0.3) is 0 Å². The average molecular weight is 373 g/mol. The van der Waals surface area contributed by atoms with Gasteiger partial charge >= 0.3 is 0 Å². The van der Waals surface area contributed by atoms with Gasteiger partial charge in [0, 0.05) is 43.5 Å². The van der Waals surface area contributed by atoms with Gasteiger partial charge in [-0.3, -0.25) is 9.80 Å². The quantitative estimate of drug-likeness (QED) is 0.548.